The number of thiazole rings is 1. The first-order valence-electron chi connectivity index (χ1n) is 6.20. The molecule has 0 aliphatic heterocycles. The van der Waals surface area contributed by atoms with Crippen LogP contribution in [0.1, 0.15) is 38.2 Å². The van der Waals surface area contributed by atoms with Crippen molar-refractivity contribution in [2.45, 2.75) is 33.7 Å². The number of rotatable bonds is 3. The van der Waals surface area contributed by atoms with Gasteiger partial charge in [0.2, 0.25) is 0 Å². The van der Waals surface area contributed by atoms with Gasteiger partial charge in [-0.2, -0.15) is 0 Å². The zero-order chi connectivity index (χ0) is 13.3. The molecule has 1 atom stereocenters. The Hall–Kier alpha value is -1.19. The van der Waals surface area contributed by atoms with Crippen molar-refractivity contribution in [1.29, 1.82) is 0 Å². The van der Waals surface area contributed by atoms with Gasteiger partial charge in [0, 0.05) is 11.1 Å². The van der Waals surface area contributed by atoms with Gasteiger partial charge >= 0.3 is 0 Å². The first-order valence-corrected chi connectivity index (χ1v) is 7.02. The van der Waals surface area contributed by atoms with E-state index in [-0.39, 0.29) is 6.04 Å². The lowest BCUT2D eigenvalue weighted by Crippen LogP contribution is -2.18. The Balaban J connectivity index is 2.48. The van der Waals surface area contributed by atoms with Crippen LogP contribution in [-0.2, 0) is 0 Å². The Labute approximate surface area is 113 Å². The maximum absolute atomic E-state index is 4.36. The first kappa shape index (κ1) is 13.2. The molecule has 0 saturated carbocycles. The predicted octanol–water partition coefficient (Wildman–Crippen LogP) is 3.69. The number of aryl methyl sites for hydroxylation is 4. The van der Waals surface area contributed by atoms with Crippen molar-refractivity contribution in [1.82, 2.24) is 10.3 Å². The molecule has 3 heteroatoms. The molecule has 0 aliphatic carbocycles. The monoisotopic (exact) mass is 260 g/mol. The third-order valence-electron chi connectivity index (χ3n) is 3.41. The number of nitrogens with zero attached hydrogens (tertiary/aromatic N) is 1. The van der Waals surface area contributed by atoms with E-state index in [1.807, 2.05) is 20.2 Å². The van der Waals surface area contributed by atoms with E-state index in [1.54, 1.807) is 11.3 Å². The lowest BCUT2D eigenvalue weighted by atomic mass is 9.95. The van der Waals surface area contributed by atoms with E-state index in [0.717, 1.165) is 5.01 Å². The number of nitrogens with one attached hydrogen (secondary N) is 1. The topological polar surface area (TPSA) is 24.9 Å². The molecule has 1 aromatic heterocycles. The summed E-state index contributed by atoms with van der Waals surface area (Å²) < 4.78 is 0. The summed E-state index contributed by atoms with van der Waals surface area (Å²) in [5.41, 5.74) is 5.39. The van der Waals surface area contributed by atoms with Crippen molar-refractivity contribution in [2.75, 3.05) is 7.05 Å². The van der Waals surface area contributed by atoms with Crippen molar-refractivity contribution >= 4 is 11.3 Å². The molecule has 96 valence electrons. The van der Waals surface area contributed by atoms with Crippen LogP contribution in [0.5, 0.6) is 0 Å². The quantitative estimate of drug-likeness (QED) is 0.910. The van der Waals surface area contributed by atoms with E-state index in [1.165, 1.54) is 27.1 Å². The van der Waals surface area contributed by atoms with Crippen LogP contribution in [0.4, 0.5) is 0 Å². The van der Waals surface area contributed by atoms with E-state index in [9.17, 15) is 0 Å². The van der Waals surface area contributed by atoms with Crippen LogP contribution in [0.2, 0.25) is 0 Å². The highest BCUT2D eigenvalue weighted by molar-refractivity contribution is 7.11. The highest BCUT2D eigenvalue weighted by Crippen LogP contribution is 2.30. The average Bonchev–Trinajstić information content (AvgIpc) is 2.73. The van der Waals surface area contributed by atoms with Gasteiger partial charge in [0.1, 0.15) is 0 Å². The second-order valence-electron chi connectivity index (χ2n) is 4.80. The van der Waals surface area contributed by atoms with Crippen LogP contribution in [-0.4, -0.2) is 12.0 Å². The molecule has 2 rings (SSSR count). The minimum Gasteiger partial charge on any atom is -0.309 e. The molecule has 1 unspecified atom stereocenters. The number of benzene rings is 1. The van der Waals surface area contributed by atoms with Crippen LogP contribution < -0.4 is 5.32 Å². The molecule has 2 nitrogen and oxygen atoms in total. The smallest absolute Gasteiger partial charge is 0.0897 e. The average molecular weight is 260 g/mol. The Morgan fingerprint density at radius 3 is 2.28 bits per heavy atom. The highest BCUT2D eigenvalue weighted by atomic mass is 32.1. The van der Waals surface area contributed by atoms with Gasteiger partial charge < -0.3 is 5.32 Å². The molecular formula is C15H20N2S. The van der Waals surface area contributed by atoms with E-state index in [2.05, 4.69) is 43.2 Å². The van der Waals surface area contributed by atoms with Crippen LogP contribution in [0, 0.1) is 27.7 Å². The first-order chi connectivity index (χ1) is 8.52. The van der Waals surface area contributed by atoms with Crippen LogP contribution in [0.15, 0.2) is 18.3 Å². The van der Waals surface area contributed by atoms with Crippen LogP contribution in [0.25, 0.3) is 0 Å². The predicted molar refractivity (Wildman–Crippen MR) is 78.4 cm³/mol. The van der Waals surface area contributed by atoms with Gasteiger partial charge in [-0.05, 0) is 57.0 Å². The molecule has 0 radical (unpaired) electrons. The minimum absolute atomic E-state index is 0.246. The normalized spacial score (nSPS) is 12.7. The second kappa shape index (κ2) is 5.21. The third-order valence-corrected chi connectivity index (χ3v) is 4.38. The summed E-state index contributed by atoms with van der Waals surface area (Å²) in [6.45, 7) is 8.56. The summed E-state index contributed by atoms with van der Waals surface area (Å²) in [6, 6.07) is 4.81. The van der Waals surface area contributed by atoms with Gasteiger partial charge in [0.05, 0.1) is 11.0 Å². The Morgan fingerprint density at radius 1 is 1.06 bits per heavy atom. The van der Waals surface area contributed by atoms with Crippen molar-refractivity contribution in [3.63, 3.8) is 0 Å². The summed E-state index contributed by atoms with van der Waals surface area (Å²) >= 11 is 1.76. The molecule has 1 aromatic carbocycles. The van der Waals surface area contributed by atoms with Crippen molar-refractivity contribution in [3.8, 4) is 0 Å². The molecule has 0 saturated heterocycles. The van der Waals surface area contributed by atoms with Crippen molar-refractivity contribution in [2.24, 2.45) is 0 Å². The Kier molecular flexibility index (Phi) is 3.83. The fourth-order valence-electron chi connectivity index (χ4n) is 2.26. The summed E-state index contributed by atoms with van der Waals surface area (Å²) in [4.78, 5) is 5.64. The van der Waals surface area contributed by atoms with Crippen molar-refractivity contribution in [3.05, 3.63) is 50.5 Å². The summed E-state index contributed by atoms with van der Waals surface area (Å²) in [7, 11) is 2.01. The van der Waals surface area contributed by atoms with Gasteiger partial charge in [-0.1, -0.05) is 12.1 Å². The van der Waals surface area contributed by atoms with E-state index in [4.69, 9.17) is 0 Å². The zero-order valence-electron chi connectivity index (χ0n) is 11.7. The van der Waals surface area contributed by atoms with Gasteiger partial charge in [-0.15, -0.1) is 11.3 Å². The molecule has 1 heterocycles. The second-order valence-corrected chi connectivity index (χ2v) is 6.06. The van der Waals surface area contributed by atoms with Crippen LogP contribution >= 0.6 is 11.3 Å². The molecule has 0 spiro atoms. The highest BCUT2D eigenvalue weighted by Gasteiger charge is 2.17. The minimum atomic E-state index is 0.246. The van der Waals surface area contributed by atoms with Gasteiger partial charge in [0.25, 0.3) is 0 Å². The Bertz CT molecular complexity index is 558. The van der Waals surface area contributed by atoms with Crippen LogP contribution in [0.3, 0.4) is 0 Å². The molecule has 2 aromatic rings. The van der Waals surface area contributed by atoms with E-state index in [0.29, 0.717) is 0 Å². The fraction of sp³-hybridized carbons (Fsp3) is 0.400. The molecule has 1 N–H and O–H groups in total. The SMILES string of the molecule is CNC(c1cnc(C)s1)c1cc(C)c(C)cc1C. The molecule has 0 aliphatic rings. The molecule has 0 fully saturated rings. The van der Waals surface area contributed by atoms with E-state index >= 15 is 0 Å². The molecule has 0 bridgehead atoms. The lowest BCUT2D eigenvalue weighted by Gasteiger charge is -2.19. The third kappa shape index (κ3) is 2.47. The Morgan fingerprint density at radius 2 is 1.72 bits per heavy atom. The number of hydrogen-bond donors (Lipinski definition) is 1. The lowest BCUT2D eigenvalue weighted by molar-refractivity contribution is 0.697. The summed E-state index contributed by atoms with van der Waals surface area (Å²) in [5.74, 6) is 0. The van der Waals surface area contributed by atoms with Gasteiger partial charge in [0.15, 0.2) is 0 Å². The summed E-state index contributed by atoms with van der Waals surface area (Å²) in [6.07, 6.45) is 1.98. The molecule has 0 amide bonds. The molecular weight excluding hydrogens is 240 g/mol. The number of aromatic nitrogens is 1. The summed E-state index contributed by atoms with van der Waals surface area (Å²) in [5, 5.41) is 4.52. The standard InChI is InChI=1S/C15H20N2S/c1-9-6-11(3)13(7-10(9)2)15(16-5)14-8-17-12(4)18-14/h6-8,15-16H,1-5H3. The van der Waals surface area contributed by atoms with Gasteiger partial charge in [-0.3, -0.25) is 0 Å². The maximum Gasteiger partial charge on any atom is 0.0897 e. The number of hydrogen-bond acceptors (Lipinski definition) is 3. The zero-order valence-corrected chi connectivity index (χ0v) is 12.5. The van der Waals surface area contributed by atoms with Gasteiger partial charge in [-0.25, -0.2) is 4.98 Å². The van der Waals surface area contributed by atoms with Crippen molar-refractivity contribution < 1.29 is 0 Å². The maximum atomic E-state index is 4.36. The largest absolute Gasteiger partial charge is 0.309 e. The van der Waals surface area contributed by atoms with E-state index < -0.39 is 0 Å². The fourth-order valence-corrected chi connectivity index (χ4v) is 3.17. The molecule has 18 heavy (non-hydrogen) atoms.